The van der Waals surface area contributed by atoms with Crippen molar-refractivity contribution in [3.05, 3.63) is 54.5 Å². The van der Waals surface area contributed by atoms with Gasteiger partial charge in [-0.05, 0) is 29.1 Å². The number of ether oxygens (including phenoxy) is 1. The Balaban J connectivity index is 2.40. The number of rotatable bonds is 2. The third-order valence-corrected chi connectivity index (χ3v) is 3.18. The van der Waals surface area contributed by atoms with Crippen LogP contribution in [-0.4, -0.2) is 17.1 Å². The van der Waals surface area contributed by atoms with Crippen LogP contribution in [0.2, 0.25) is 0 Å². The molecule has 0 N–H and O–H groups in total. The van der Waals surface area contributed by atoms with Gasteiger partial charge in [0.15, 0.2) is 0 Å². The summed E-state index contributed by atoms with van der Waals surface area (Å²) in [5, 5.41) is 11.0. The van der Waals surface area contributed by atoms with E-state index in [1.165, 1.54) is 0 Å². The smallest absolute Gasteiger partial charge is 0.222 e. The van der Waals surface area contributed by atoms with Crippen molar-refractivity contribution in [1.82, 2.24) is 9.97 Å². The van der Waals surface area contributed by atoms with Crippen molar-refractivity contribution in [3.63, 3.8) is 0 Å². The molecule has 3 rings (SSSR count). The fourth-order valence-corrected chi connectivity index (χ4v) is 2.27. The topological polar surface area (TPSA) is 58.8 Å². The molecule has 4 nitrogen and oxygen atoms in total. The van der Waals surface area contributed by atoms with Crippen molar-refractivity contribution in [2.45, 2.75) is 0 Å². The SMILES string of the molecule is COc1ncc(-c2ccncc2)c2cccc(C#N)c12. The lowest BCUT2D eigenvalue weighted by molar-refractivity contribution is 0.403. The molecule has 0 amide bonds. The second-order valence-corrected chi connectivity index (χ2v) is 4.26. The van der Waals surface area contributed by atoms with Gasteiger partial charge in [-0.1, -0.05) is 12.1 Å². The maximum atomic E-state index is 9.27. The number of benzene rings is 1. The minimum absolute atomic E-state index is 0.468. The first-order chi connectivity index (χ1) is 9.85. The van der Waals surface area contributed by atoms with E-state index < -0.39 is 0 Å². The first-order valence-corrected chi connectivity index (χ1v) is 6.11. The van der Waals surface area contributed by atoms with E-state index in [1.807, 2.05) is 24.3 Å². The van der Waals surface area contributed by atoms with Crippen LogP contribution in [0, 0.1) is 11.3 Å². The van der Waals surface area contributed by atoms with Gasteiger partial charge in [-0.3, -0.25) is 4.98 Å². The molecule has 0 aliphatic heterocycles. The van der Waals surface area contributed by atoms with Crippen LogP contribution in [-0.2, 0) is 0 Å². The van der Waals surface area contributed by atoms with Crippen molar-refractivity contribution in [1.29, 1.82) is 5.26 Å². The van der Waals surface area contributed by atoms with Crippen molar-refractivity contribution in [2.24, 2.45) is 0 Å². The Kier molecular flexibility index (Phi) is 3.02. The van der Waals surface area contributed by atoms with E-state index in [0.717, 1.165) is 21.9 Å². The molecule has 3 aromatic rings. The molecule has 4 heteroatoms. The summed E-state index contributed by atoms with van der Waals surface area (Å²) in [7, 11) is 1.56. The quantitative estimate of drug-likeness (QED) is 0.711. The number of hydrogen-bond acceptors (Lipinski definition) is 4. The Morgan fingerprint density at radius 2 is 1.95 bits per heavy atom. The lowest BCUT2D eigenvalue weighted by Gasteiger charge is -2.10. The second-order valence-electron chi connectivity index (χ2n) is 4.26. The van der Waals surface area contributed by atoms with E-state index in [4.69, 9.17) is 4.74 Å². The predicted octanol–water partition coefficient (Wildman–Crippen LogP) is 3.18. The van der Waals surface area contributed by atoms with E-state index >= 15 is 0 Å². The average Bonchev–Trinajstić information content (AvgIpc) is 2.54. The highest BCUT2D eigenvalue weighted by Gasteiger charge is 2.12. The summed E-state index contributed by atoms with van der Waals surface area (Å²) in [6.07, 6.45) is 5.23. The lowest BCUT2D eigenvalue weighted by atomic mass is 9.99. The van der Waals surface area contributed by atoms with E-state index in [2.05, 4.69) is 16.0 Å². The van der Waals surface area contributed by atoms with Crippen LogP contribution in [0.5, 0.6) is 5.88 Å². The molecule has 96 valence electrons. The summed E-state index contributed by atoms with van der Waals surface area (Å²) < 4.78 is 5.29. The summed E-state index contributed by atoms with van der Waals surface area (Å²) in [6, 6.07) is 11.6. The van der Waals surface area contributed by atoms with E-state index in [0.29, 0.717) is 11.4 Å². The molecule has 0 bridgehead atoms. The van der Waals surface area contributed by atoms with Crippen LogP contribution < -0.4 is 4.74 Å². The number of fused-ring (bicyclic) bond motifs is 1. The molecular formula is C16H11N3O. The zero-order valence-electron chi connectivity index (χ0n) is 10.9. The Bertz CT molecular complexity index is 807. The molecule has 0 fully saturated rings. The Morgan fingerprint density at radius 1 is 1.15 bits per heavy atom. The van der Waals surface area contributed by atoms with Gasteiger partial charge >= 0.3 is 0 Å². The molecule has 2 aromatic heterocycles. The Hall–Kier alpha value is -2.93. The summed E-state index contributed by atoms with van der Waals surface area (Å²) >= 11 is 0. The van der Waals surface area contributed by atoms with E-state index in [-0.39, 0.29) is 0 Å². The van der Waals surface area contributed by atoms with Gasteiger partial charge in [0.05, 0.1) is 24.1 Å². The number of nitrogens with zero attached hydrogens (tertiary/aromatic N) is 3. The van der Waals surface area contributed by atoms with Crippen molar-refractivity contribution < 1.29 is 4.74 Å². The lowest BCUT2D eigenvalue weighted by Crippen LogP contribution is -1.93. The van der Waals surface area contributed by atoms with E-state index in [9.17, 15) is 5.26 Å². The molecule has 0 spiro atoms. The molecule has 0 saturated heterocycles. The monoisotopic (exact) mass is 261 g/mol. The summed E-state index contributed by atoms with van der Waals surface area (Å²) in [4.78, 5) is 8.34. The highest BCUT2D eigenvalue weighted by molar-refractivity contribution is 6.01. The molecule has 0 unspecified atom stereocenters. The Morgan fingerprint density at radius 3 is 2.65 bits per heavy atom. The van der Waals surface area contributed by atoms with Gasteiger partial charge in [-0.2, -0.15) is 5.26 Å². The number of nitriles is 1. The first kappa shape index (κ1) is 12.1. The molecule has 0 saturated carbocycles. The van der Waals surface area contributed by atoms with Gasteiger partial charge in [0, 0.05) is 24.2 Å². The summed E-state index contributed by atoms with van der Waals surface area (Å²) in [5.74, 6) is 0.468. The molecule has 0 aliphatic carbocycles. The zero-order valence-corrected chi connectivity index (χ0v) is 10.9. The molecular weight excluding hydrogens is 250 g/mol. The maximum absolute atomic E-state index is 9.27. The summed E-state index contributed by atoms with van der Waals surface area (Å²) in [5.41, 5.74) is 2.53. The summed E-state index contributed by atoms with van der Waals surface area (Å²) in [6.45, 7) is 0. The molecule has 0 radical (unpaired) electrons. The Labute approximate surface area is 116 Å². The molecule has 20 heavy (non-hydrogen) atoms. The zero-order chi connectivity index (χ0) is 13.9. The van der Waals surface area contributed by atoms with Gasteiger partial charge in [-0.15, -0.1) is 0 Å². The first-order valence-electron chi connectivity index (χ1n) is 6.11. The largest absolute Gasteiger partial charge is 0.481 e. The third kappa shape index (κ3) is 1.86. The van der Waals surface area contributed by atoms with Crippen molar-refractivity contribution in [2.75, 3.05) is 7.11 Å². The number of pyridine rings is 2. The molecule has 2 heterocycles. The highest BCUT2D eigenvalue weighted by atomic mass is 16.5. The molecule has 0 atom stereocenters. The average molecular weight is 261 g/mol. The third-order valence-electron chi connectivity index (χ3n) is 3.18. The van der Waals surface area contributed by atoms with Crippen molar-refractivity contribution in [3.8, 4) is 23.1 Å². The van der Waals surface area contributed by atoms with E-state index in [1.54, 1.807) is 31.8 Å². The number of aromatic nitrogens is 2. The normalized spacial score (nSPS) is 10.2. The standard InChI is InChI=1S/C16H11N3O/c1-20-16-15-12(9-17)3-2-4-13(15)14(10-19-16)11-5-7-18-8-6-11/h2-8,10H,1H3. The molecule has 0 aliphatic rings. The van der Waals surface area contributed by atoms with Gasteiger partial charge in [0.2, 0.25) is 5.88 Å². The van der Waals surface area contributed by atoms with Gasteiger partial charge in [-0.25, -0.2) is 4.98 Å². The van der Waals surface area contributed by atoms with Crippen LogP contribution in [0.15, 0.2) is 48.9 Å². The van der Waals surface area contributed by atoms with Crippen LogP contribution in [0.4, 0.5) is 0 Å². The fourth-order valence-electron chi connectivity index (χ4n) is 2.27. The van der Waals surface area contributed by atoms with Crippen LogP contribution in [0.25, 0.3) is 21.9 Å². The maximum Gasteiger partial charge on any atom is 0.222 e. The fraction of sp³-hybridized carbons (Fsp3) is 0.0625. The highest BCUT2D eigenvalue weighted by Crippen LogP contribution is 2.34. The molecule has 1 aromatic carbocycles. The minimum Gasteiger partial charge on any atom is -0.481 e. The van der Waals surface area contributed by atoms with Crippen LogP contribution in [0.1, 0.15) is 5.56 Å². The van der Waals surface area contributed by atoms with Crippen LogP contribution >= 0.6 is 0 Å². The van der Waals surface area contributed by atoms with Gasteiger partial charge < -0.3 is 4.74 Å². The van der Waals surface area contributed by atoms with Crippen LogP contribution in [0.3, 0.4) is 0 Å². The second kappa shape index (κ2) is 4.98. The predicted molar refractivity (Wildman–Crippen MR) is 76.2 cm³/mol. The van der Waals surface area contributed by atoms with Gasteiger partial charge in [0.1, 0.15) is 0 Å². The minimum atomic E-state index is 0.468. The van der Waals surface area contributed by atoms with Crippen molar-refractivity contribution >= 4 is 10.8 Å². The number of hydrogen-bond donors (Lipinski definition) is 0. The number of methoxy groups -OCH3 is 1. The van der Waals surface area contributed by atoms with Gasteiger partial charge in [0.25, 0.3) is 0 Å².